The number of hydrogen-bond donors (Lipinski definition) is 2. The fourth-order valence-corrected chi connectivity index (χ4v) is 2.52. The molecule has 6 nitrogen and oxygen atoms in total. The summed E-state index contributed by atoms with van der Waals surface area (Å²) in [5.74, 6) is -2.11. The lowest BCUT2D eigenvalue weighted by molar-refractivity contribution is -0.141. The number of nitrogens with one attached hydrogen (secondary N) is 1. The minimum Gasteiger partial charge on any atom is -0.480 e. The lowest BCUT2D eigenvalue weighted by Gasteiger charge is -2.14. The van der Waals surface area contributed by atoms with E-state index in [0.29, 0.717) is 10.6 Å². The molecular weight excluding hydrogens is 318 g/mol. The normalized spacial score (nSPS) is 12.7. The summed E-state index contributed by atoms with van der Waals surface area (Å²) < 4.78 is 22.1. The first kappa shape index (κ1) is 17.5. The van der Waals surface area contributed by atoms with E-state index in [1.54, 1.807) is 24.3 Å². The molecule has 0 aliphatic rings. The predicted molar refractivity (Wildman–Crippen MR) is 79.1 cm³/mol. The maximum atomic E-state index is 11.8. The van der Waals surface area contributed by atoms with Crippen molar-refractivity contribution in [1.29, 1.82) is 0 Å². The summed E-state index contributed by atoms with van der Waals surface area (Å²) in [5, 5.41) is 11.7. The SMILES string of the molecule is CS(=O)(=O)CCC(NC(=O)Cc1ccccc1Cl)C(=O)O. The molecule has 0 aliphatic carbocycles. The van der Waals surface area contributed by atoms with E-state index >= 15 is 0 Å². The number of carbonyl (C=O) groups is 2. The number of rotatable bonds is 7. The van der Waals surface area contributed by atoms with Crippen molar-refractivity contribution >= 4 is 33.3 Å². The number of halogens is 1. The van der Waals surface area contributed by atoms with Crippen LogP contribution in [0.15, 0.2) is 24.3 Å². The summed E-state index contributed by atoms with van der Waals surface area (Å²) in [6, 6.07) is 5.48. The number of carbonyl (C=O) groups excluding carboxylic acids is 1. The molecule has 116 valence electrons. The Bertz CT molecular complexity index is 629. The molecule has 8 heteroatoms. The first-order valence-electron chi connectivity index (χ1n) is 6.12. The van der Waals surface area contributed by atoms with E-state index in [1.165, 1.54) is 0 Å². The van der Waals surface area contributed by atoms with Crippen molar-refractivity contribution in [2.24, 2.45) is 0 Å². The second kappa shape index (κ2) is 7.42. The van der Waals surface area contributed by atoms with Crippen LogP contribution in [-0.4, -0.2) is 43.5 Å². The van der Waals surface area contributed by atoms with Crippen LogP contribution in [0.2, 0.25) is 5.02 Å². The van der Waals surface area contributed by atoms with Crippen molar-refractivity contribution in [3.05, 3.63) is 34.9 Å². The lowest BCUT2D eigenvalue weighted by atomic mass is 10.1. The van der Waals surface area contributed by atoms with Crippen LogP contribution in [0.5, 0.6) is 0 Å². The highest BCUT2D eigenvalue weighted by molar-refractivity contribution is 7.90. The molecule has 0 bridgehead atoms. The summed E-state index contributed by atoms with van der Waals surface area (Å²) >= 11 is 5.91. The molecule has 1 unspecified atom stereocenters. The highest BCUT2D eigenvalue weighted by Crippen LogP contribution is 2.15. The summed E-state index contributed by atoms with van der Waals surface area (Å²) in [4.78, 5) is 22.9. The van der Waals surface area contributed by atoms with Crippen molar-refractivity contribution in [2.75, 3.05) is 12.0 Å². The van der Waals surface area contributed by atoms with Crippen LogP contribution in [0.4, 0.5) is 0 Å². The summed E-state index contributed by atoms with van der Waals surface area (Å²) in [5.41, 5.74) is 0.573. The first-order valence-corrected chi connectivity index (χ1v) is 8.56. The standard InChI is InChI=1S/C13H16ClNO5S/c1-21(19,20)7-6-11(13(17)18)15-12(16)8-9-4-2-3-5-10(9)14/h2-5,11H,6-8H2,1H3,(H,15,16)(H,17,18). The van der Waals surface area contributed by atoms with Gasteiger partial charge < -0.3 is 10.4 Å². The average molecular weight is 334 g/mol. The Kier molecular flexibility index (Phi) is 6.17. The van der Waals surface area contributed by atoms with Gasteiger partial charge in [0, 0.05) is 11.3 Å². The monoisotopic (exact) mass is 333 g/mol. The number of carboxylic acid groups (broad SMARTS) is 1. The zero-order valence-corrected chi connectivity index (χ0v) is 12.9. The van der Waals surface area contributed by atoms with Crippen LogP contribution < -0.4 is 5.32 Å². The summed E-state index contributed by atoms with van der Waals surface area (Å²) in [6.07, 6.45) is 0.766. The van der Waals surface area contributed by atoms with Gasteiger partial charge in [-0.1, -0.05) is 29.8 Å². The molecule has 0 spiro atoms. The Morgan fingerprint density at radius 2 is 1.95 bits per heavy atom. The molecule has 21 heavy (non-hydrogen) atoms. The molecule has 0 aliphatic heterocycles. The summed E-state index contributed by atoms with van der Waals surface area (Å²) in [6.45, 7) is 0. The van der Waals surface area contributed by atoms with Crippen molar-refractivity contribution in [3.8, 4) is 0 Å². The Hall–Kier alpha value is -1.60. The van der Waals surface area contributed by atoms with Crippen molar-refractivity contribution in [1.82, 2.24) is 5.32 Å². The molecular formula is C13H16ClNO5S. The zero-order chi connectivity index (χ0) is 16.0. The van der Waals surface area contributed by atoms with Gasteiger partial charge in [0.1, 0.15) is 15.9 Å². The van der Waals surface area contributed by atoms with E-state index in [0.717, 1.165) is 6.26 Å². The molecule has 0 heterocycles. The Morgan fingerprint density at radius 1 is 1.33 bits per heavy atom. The number of carboxylic acids is 1. The van der Waals surface area contributed by atoms with Gasteiger partial charge in [-0.3, -0.25) is 4.79 Å². The quantitative estimate of drug-likeness (QED) is 0.771. The topological polar surface area (TPSA) is 101 Å². The van der Waals surface area contributed by atoms with Gasteiger partial charge in [-0.05, 0) is 18.1 Å². The minimum atomic E-state index is -3.29. The molecule has 2 N–H and O–H groups in total. The van der Waals surface area contributed by atoms with Gasteiger partial charge in [0.05, 0.1) is 12.2 Å². The van der Waals surface area contributed by atoms with Crippen LogP contribution in [0.3, 0.4) is 0 Å². The molecule has 1 rings (SSSR count). The first-order chi connectivity index (χ1) is 9.69. The maximum Gasteiger partial charge on any atom is 0.326 e. The minimum absolute atomic E-state index is 0.0671. The maximum absolute atomic E-state index is 11.8. The second-order valence-corrected chi connectivity index (χ2v) is 7.31. The average Bonchev–Trinajstić information content (AvgIpc) is 2.36. The largest absolute Gasteiger partial charge is 0.480 e. The third-order valence-electron chi connectivity index (χ3n) is 2.72. The van der Waals surface area contributed by atoms with Gasteiger partial charge >= 0.3 is 5.97 Å². The van der Waals surface area contributed by atoms with E-state index in [1.807, 2.05) is 0 Å². The molecule has 1 atom stereocenters. The smallest absolute Gasteiger partial charge is 0.326 e. The molecule has 1 aromatic rings. The van der Waals surface area contributed by atoms with Crippen molar-refractivity contribution in [2.45, 2.75) is 18.9 Å². The molecule has 0 saturated carbocycles. The van der Waals surface area contributed by atoms with Gasteiger partial charge in [0.15, 0.2) is 0 Å². The highest BCUT2D eigenvalue weighted by atomic mass is 35.5. The zero-order valence-electron chi connectivity index (χ0n) is 11.4. The van der Waals surface area contributed by atoms with Gasteiger partial charge in [0.25, 0.3) is 0 Å². The van der Waals surface area contributed by atoms with E-state index in [-0.39, 0.29) is 18.6 Å². The van der Waals surface area contributed by atoms with Crippen LogP contribution in [0.25, 0.3) is 0 Å². The molecule has 1 aromatic carbocycles. The van der Waals surface area contributed by atoms with Crippen molar-refractivity contribution < 1.29 is 23.1 Å². The third kappa shape index (κ3) is 6.59. The molecule has 0 fully saturated rings. The van der Waals surface area contributed by atoms with Crippen LogP contribution >= 0.6 is 11.6 Å². The van der Waals surface area contributed by atoms with E-state index in [4.69, 9.17) is 16.7 Å². The molecule has 1 amide bonds. The van der Waals surface area contributed by atoms with Gasteiger partial charge in [0.2, 0.25) is 5.91 Å². The highest BCUT2D eigenvalue weighted by Gasteiger charge is 2.21. The van der Waals surface area contributed by atoms with E-state index in [9.17, 15) is 18.0 Å². The fraction of sp³-hybridized carbons (Fsp3) is 0.385. The fourth-order valence-electron chi connectivity index (χ4n) is 1.65. The van der Waals surface area contributed by atoms with Crippen LogP contribution in [0.1, 0.15) is 12.0 Å². The van der Waals surface area contributed by atoms with E-state index < -0.39 is 27.8 Å². The number of benzene rings is 1. The molecule has 0 aromatic heterocycles. The van der Waals surface area contributed by atoms with E-state index in [2.05, 4.69) is 5.32 Å². The summed E-state index contributed by atoms with van der Waals surface area (Å²) in [7, 11) is -3.29. The third-order valence-corrected chi connectivity index (χ3v) is 4.07. The van der Waals surface area contributed by atoms with Crippen LogP contribution in [0, 0.1) is 0 Å². The van der Waals surface area contributed by atoms with Gasteiger partial charge in [-0.25, -0.2) is 13.2 Å². The second-order valence-electron chi connectivity index (χ2n) is 4.65. The van der Waals surface area contributed by atoms with Gasteiger partial charge in [-0.2, -0.15) is 0 Å². The van der Waals surface area contributed by atoms with Gasteiger partial charge in [-0.15, -0.1) is 0 Å². The predicted octanol–water partition coefficient (Wildman–Crippen LogP) is 0.887. The number of sulfone groups is 1. The number of aliphatic carboxylic acids is 1. The lowest BCUT2D eigenvalue weighted by Crippen LogP contribution is -2.42. The van der Waals surface area contributed by atoms with Crippen molar-refractivity contribution in [3.63, 3.8) is 0 Å². The van der Waals surface area contributed by atoms with Crippen LogP contribution in [-0.2, 0) is 25.8 Å². The number of amides is 1. The Labute approximate surface area is 128 Å². The Morgan fingerprint density at radius 3 is 2.48 bits per heavy atom. The number of hydrogen-bond acceptors (Lipinski definition) is 4. The molecule has 0 saturated heterocycles. The Balaban J connectivity index is 2.65. The molecule has 0 radical (unpaired) electrons.